The third kappa shape index (κ3) is 5.44. The molecule has 28 heavy (non-hydrogen) atoms. The minimum absolute atomic E-state index is 0.0625. The van der Waals surface area contributed by atoms with Gasteiger partial charge in [0.15, 0.2) is 0 Å². The molecule has 0 aliphatic carbocycles. The van der Waals surface area contributed by atoms with Gasteiger partial charge in [-0.2, -0.15) is 0 Å². The molecule has 2 heterocycles. The predicted octanol–water partition coefficient (Wildman–Crippen LogP) is 3.74. The summed E-state index contributed by atoms with van der Waals surface area (Å²) in [4.78, 5) is 26.0. The van der Waals surface area contributed by atoms with Crippen LogP contribution in [-0.4, -0.2) is 54.5 Å². The number of hydrogen-bond donors (Lipinski definition) is 0. The number of nitrogens with zero attached hydrogens (tertiary/aromatic N) is 2. The molecule has 0 saturated carbocycles. The van der Waals surface area contributed by atoms with E-state index in [1.54, 1.807) is 0 Å². The van der Waals surface area contributed by atoms with Gasteiger partial charge in [0.25, 0.3) is 0 Å². The molecule has 0 bridgehead atoms. The summed E-state index contributed by atoms with van der Waals surface area (Å²) in [6, 6.07) is 8.64. The van der Waals surface area contributed by atoms with E-state index in [0.717, 1.165) is 37.8 Å². The van der Waals surface area contributed by atoms with Crippen LogP contribution in [0.25, 0.3) is 0 Å². The quantitative estimate of drug-likeness (QED) is 0.585. The SMILES string of the molecule is C=C(C)[C@H]1c2ccccc2CCN1C=O.CCC(=O)N(C)[C@@H]1CC[C@H](C)OC1. The molecule has 154 valence electrons. The number of carbonyl (C=O) groups is 2. The highest BCUT2D eigenvalue weighted by atomic mass is 16.5. The Balaban J connectivity index is 0.000000203. The van der Waals surface area contributed by atoms with Crippen molar-refractivity contribution >= 4 is 12.3 Å². The molecule has 2 amide bonds. The van der Waals surface area contributed by atoms with Crippen molar-refractivity contribution in [3.8, 4) is 0 Å². The van der Waals surface area contributed by atoms with Gasteiger partial charge in [-0.1, -0.05) is 43.3 Å². The summed E-state index contributed by atoms with van der Waals surface area (Å²) >= 11 is 0. The Labute approximate surface area is 169 Å². The third-order valence-corrected chi connectivity index (χ3v) is 5.65. The molecule has 1 aromatic carbocycles. The van der Waals surface area contributed by atoms with E-state index in [4.69, 9.17) is 4.74 Å². The molecular weight excluding hydrogens is 352 g/mol. The molecule has 3 atom stereocenters. The van der Waals surface area contributed by atoms with E-state index >= 15 is 0 Å². The van der Waals surface area contributed by atoms with Crippen molar-refractivity contribution in [1.82, 2.24) is 9.80 Å². The van der Waals surface area contributed by atoms with E-state index in [1.165, 1.54) is 11.1 Å². The van der Waals surface area contributed by atoms with Gasteiger partial charge in [-0.3, -0.25) is 9.59 Å². The Kier molecular flexibility index (Phi) is 8.24. The minimum atomic E-state index is 0.0625. The van der Waals surface area contributed by atoms with E-state index in [-0.39, 0.29) is 11.9 Å². The number of amides is 2. The summed E-state index contributed by atoms with van der Waals surface area (Å²) in [5.41, 5.74) is 3.58. The largest absolute Gasteiger partial charge is 0.376 e. The standard InChI is InChI=1S/C13H15NO.C10H19NO2/c1-10(2)13-12-6-4-3-5-11(12)7-8-14(13)9-15;1-4-10(12)11(3)9-6-5-8(2)13-7-9/h3-6,9,13H,1,7-8H2,2H3;8-9H,4-7H2,1-3H3/t13-;8-,9+/m00/s1. The van der Waals surface area contributed by atoms with Crippen LogP contribution in [0.3, 0.4) is 0 Å². The van der Waals surface area contributed by atoms with Gasteiger partial charge in [-0.15, -0.1) is 0 Å². The average Bonchev–Trinajstić information content (AvgIpc) is 2.72. The van der Waals surface area contributed by atoms with Gasteiger partial charge in [0, 0.05) is 20.0 Å². The smallest absolute Gasteiger partial charge is 0.222 e. The van der Waals surface area contributed by atoms with Gasteiger partial charge in [-0.05, 0) is 44.2 Å². The fourth-order valence-corrected chi connectivity index (χ4v) is 3.88. The van der Waals surface area contributed by atoms with Gasteiger partial charge < -0.3 is 14.5 Å². The zero-order chi connectivity index (χ0) is 20.7. The molecular formula is C23H34N2O3. The lowest BCUT2D eigenvalue weighted by molar-refractivity contribution is -0.135. The molecule has 0 aromatic heterocycles. The second-order valence-electron chi connectivity index (χ2n) is 7.77. The number of hydrogen-bond acceptors (Lipinski definition) is 3. The van der Waals surface area contributed by atoms with Gasteiger partial charge in [0.2, 0.25) is 12.3 Å². The second-order valence-corrected chi connectivity index (χ2v) is 7.77. The van der Waals surface area contributed by atoms with Crippen LogP contribution in [0.1, 0.15) is 57.2 Å². The molecule has 5 heteroatoms. The lowest BCUT2D eigenvalue weighted by Gasteiger charge is -2.35. The third-order valence-electron chi connectivity index (χ3n) is 5.65. The van der Waals surface area contributed by atoms with Crippen LogP contribution in [0.4, 0.5) is 0 Å². The number of benzene rings is 1. The van der Waals surface area contributed by atoms with Crippen LogP contribution in [-0.2, 0) is 20.7 Å². The molecule has 0 spiro atoms. The van der Waals surface area contributed by atoms with E-state index in [9.17, 15) is 9.59 Å². The summed E-state index contributed by atoms with van der Waals surface area (Å²) in [6.45, 7) is 11.4. The predicted molar refractivity (Wildman–Crippen MR) is 112 cm³/mol. The van der Waals surface area contributed by atoms with Crippen LogP contribution in [0.2, 0.25) is 0 Å². The molecule has 0 unspecified atom stereocenters. The minimum Gasteiger partial charge on any atom is -0.376 e. The van der Waals surface area contributed by atoms with Crippen molar-refractivity contribution in [2.75, 3.05) is 20.2 Å². The van der Waals surface area contributed by atoms with E-state index < -0.39 is 0 Å². The monoisotopic (exact) mass is 386 g/mol. The van der Waals surface area contributed by atoms with E-state index in [0.29, 0.717) is 25.2 Å². The van der Waals surface area contributed by atoms with Gasteiger partial charge in [0.1, 0.15) is 0 Å². The van der Waals surface area contributed by atoms with Crippen molar-refractivity contribution in [2.45, 2.75) is 64.6 Å². The van der Waals surface area contributed by atoms with Crippen LogP contribution in [0, 0.1) is 0 Å². The zero-order valence-corrected chi connectivity index (χ0v) is 17.7. The molecule has 0 N–H and O–H groups in total. The first-order valence-corrected chi connectivity index (χ1v) is 10.2. The van der Waals surface area contributed by atoms with E-state index in [2.05, 4.69) is 25.6 Å². The highest BCUT2D eigenvalue weighted by molar-refractivity contribution is 5.75. The zero-order valence-electron chi connectivity index (χ0n) is 17.7. The van der Waals surface area contributed by atoms with Gasteiger partial charge in [0.05, 0.1) is 24.8 Å². The maximum absolute atomic E-state index is 11.4. The van der Waals surface area contributed by atoms with Crippen LogP contribution >= 0.6 is 0 Å². The van der Waals surface area contributed by atoms with Crippen LogP contribution in [0.15, 0.2) is 36.4 Å². The van der Waals surface area contributed by atoms with Crippen LogP contribution < -0.4 is 0 Å². The van der Waals surface area contributed by atoms with Gasteiger partial charge >= 0.3 is 0 Å². The summed E-state index contributed by atoms with van der Waals surface area (Å²) in [5.74, 6) is 0.211. The molecule has 3 rings (SSSR count). The van der Waals surface area contributed by atoms with Crippen molar-refractivity contribution in [1.29, 1.82) is 0 Å². The number of fused-ring (bicyclic) bond motifs is 1. The maximum Gasteiger partial charge on any atom is 0.222 e. The van der Waals surface area contributed by atoms with Crippen molar-refractivity contribution in [3.05, 3.63) is 47.5 Å². The maximum atomic E-state index is 11.4. The lowest BCUT2D eigenvalue weighted by atomic mass is 9.89. The first kappa shape index (κ1) is 22.2. The number of ether oxygens (including phenoxy) is 1. The average molecular weight is 387 g/mol. The topological polar surface area (TPSA) is 49.9 Å². The lowest BCUT2D eigenvalue weighted by Crippen LogP contribution is -2.43. The molecule has 1 fully saturated rings. The summed E-state index contributed by atoms with van der Waals surface area (Å²) < 4.78 is 5.51. The fraction of sp³-hybridized carbons (Fsp3) is 0.565. The molecule has 0 radical (unpaired) electrons. The van der Waals surface area contributed by atoms with E-state index in [1.807, 2.05) is 42.8 Å². The Morgan fingerprint density at radius 1 is 1.36 bits per heavy atom. The molecule has 2 aliphatic heterocycles. The summed E-state index contributed by atoms with van der Waals surface area (Å²) in [5, 5.41) is 0. The first-order valence-electron chi connectivity index (χ1n) is 10.2. The summed E-state index contributed by atoms with van der Waals surface area (Å²) in [6.07, 6.45) is 4.95. The number of carbonyl (C=O) groups excluding carboxylic acids is 2. The molecule has 5 nitrogen and oxygen atoms in total. The number of likely N-dealkylation sites (N-methyl/N-ethyl adjacent to an activating group) is 1. The Bertz CT molecular complexity index is 680. The highest BCUT2D eigenvalue weighted by Crippen LogP contribution is 2.32. The van der Waals surface area contributed by atoms with Crippen molar-refractivity contribution in [2.24, 2.45) is 0 Å². The van der Waals surface area contributed by atoms with Crippen LogP contribution in [0.5, 0.6) is 0 Å². The second kappa shape index (κ2) is 10.4. The Morgan fingerprint density at radius 2 is 2.07 bits per heavy atom. The van der Waals surface area contributed by atoms with Crippen molar-refractivity contribution in [3.63, 3.8) is 0 Å². The van der Waals surface area contributed by atoms with Crippen molar-refractivity contribution < 1.29 is 14.3 Å². The fourth-order valence-electron chi connectivity index (χ4n) is 3.88. The first-order chi connectivity index (χ1) is 13.4. The normalized spacial score (nSPS) is 23.7. The Morgan fingerprint density at radius 3 is 2.64 bits per heavy atom. The Hall–Kier alpha value is -2.14. The summed E-state index contributed by atoms with van der Waals surface area (Å²) in [7, 11) is 1.87. The number of rotatable bonds is 4. The molecule has 2 aliphatic rings. The van der Waals surface area contributed by atoms with Gasteiger partial charge in [-0.25, -0.2) is 0 Å². The highest BCUT2D eigenvalue weighted by Gasteiger charge is 2.26. The molecule has 1 saturated heterocycles. The molecule has 1 aromatic rings.